The highest BCUT2D eigenvalue weighted by Gasteiger charge is 2.04. The Morgan fingerprint density at radius 2 is 1.94 bits per heavy atom. The van der Waals surface area contributed by atoms with Gasteiger partial charge in [-0.1, -0.05) is 42.5 Å². The Hall–Kier alpha value is -2.14. The van der Waals surface area contributed by atoms with Gasteiger partial charge in [0.15, 0.2) is 10.7 Å². The van der Waals surface area contributed by atoms with Crippen LogP contribution in [0.25, 0.3) is 6.08 Å². The van der Waals surface area contributed by atoms with E-state index in [2.05, 4.69) is 9.97 Å². The van der Waals surface area contributed by atoms with Gasteiger partial charge in [0.1, 0.15) is 0 Å². The fourth-order valence-electron chi connectivity index (χ4n) is 1.57. The van der Waals surface area contributed by atoms with E-state index in [-0.39, 0.29) is 21.8 Å². The average Bonchev–Trinajstić information content (AvgIpc) is 2.34. The third kappa shape index (κ3) is 2.95. The van der Waals surface area contributed by atoms with Crippen LogP contribution in [0.2, 0.25) is 0 Å². The van der Waals surface area contributed by atoms with Crippen LogP contribution in [-0.4, -0.2) is 15.1 Å². The minimum absolute atomic E-state index is 0.119. The summed E-state index contributed by atoms with van der Waals surface area (Å²) in [6.45, 7) is 0. The van der Waals surface area contributed by atoms with Crippen molar-refractivity contribution >= 4 is 18.3 Å². The van der Waals surface area contributed by atoms with Gasteiger partial charge in [0.25, 0.3) is 5.56 Å². The summed E-state index contributed by atoms with van der Waals surface area (Å²) in [4.78, 5) is 16.5. The molecule has 0 aliphatic carbocycles. The highest BCUT2D eigenvalue weighted by Crippen LogP contribution is 2.09. The molecule has 4 nitrogen and oxygen atoms in total. The summed E-state index contributed by atoms with van der Waals surface area (Å²) in [6, 6.07) is 9.72. The summed E-state index contributed by atoms with van der Waals surface area (Å²) < 4.78 is 0.119. The Kier molecular flexibility index (Phi) is 3.74. The fourth-order valence-corrected chi connectivity index (χ4v) is 1.76. The minimum atomic E-state index is -0.367. The molecule has 3 N–H and O–H groups in total. The fraction of sp³-hybridized carbons (Fsp3) is 0.0769. The van der Waals surface area contributed by atoms with Gasteiger partial charge in [0.05, 0.1) is 5.56 Å². The lowest BCUT2D eigenvalue weighted by molar-refractivity contribution is 0.443. The van der Waals surface area contributed by atoms with Gasteiger partial charge in [-0.15, -0.1) is 0 Å². The SMILES string of the molecule is O=c1[nH]c(=S)[nH]c(O)c1C/C=C/c1ccccc1. The standard InChI is InChI=1S/C13H12N2O2S/c16-11-10(12(17)15-13(18)14-11)8-4-7-9-5-2-1-3-6-9/h1-7H,8H2,(H3,14,15,16,17,18)/b7-4+. The molecule has 2 aromatic rings. The first-order chi connectivity index (χ1) is 8.66. The monoisotopic (exact) mass is 260 g/mol. The van der Waals surface area contributed by atoms with E-state index in [4.69, 9.17) is 12.2 Å². The molecular formula is C13H12N2O2S. The largest absolute Gasteiger partial charge is 0.494 e. The number of H-pyrrole nitrogens is 2. The summed E-state index contributed by atoms with van der Waals surface area (Å²) in [5.41, 5.74) is 0.946. The lowest BCUT2D eigenvalue weighted by atomic mass is 10.1. The Balaban J connectivity index is 2.19. The predicted molar refractivity (Wildman–Crippen MR) is 73.1 cm³/mol. The second kappa shape index (κ2) is 5.46. The van der Waals surface area contributed by atoms with Gasteiger partial charge < -0.3 is 10.1 Å². The molecular weight excluding hydrogens is 248 g/mol. The molecule has 0 atom stereocenters. The van der Waals surface area contributed by atoms with E-state index < -0.39 is 0 Å². The predicted octanol–water partition coefficient (Wildman–Crippen LogP) is 2.39. The molecule has 5 heteroatoms. The zero-order valence-electron chi connectivity index (χ0n) is 9.51. The Bertz CT molecular complexity index is 671. The molecule has 0 fully saturated rings. The number of aromatic nitrogens is 2. The van der Waals surface area contributed by atoms with Crippen LogP contribution in [-0.2, 0) is 6.42 Å². The maximum atomic E-state index is 11.6. The first-order valence-electron chi connectivity index (χ1n) is 5.43. The van der Waals surface area contributed by atoms with Crippen LogP contribution in [0, 0.1) is 4.77 Å². The Labute approximate surface area is 109 Å². The van der Waals surface area contributed by atoms with E-state index in [0.717, 1.165) is 5.56 Å². The zero-order chi connectivity index (χ0) is 13.0. The van der Waals surface area contributed by atoms with Gasteiger partial charge in [0, 0.05) is 6.42 Å². The lowest BCUT2D eigenvalue weighted by Gasteiger charge is -1.99. The van der Waals surface area contributed by atoms with Crippen molar-refractivity contribution < 1.29 is 5.11 Å². The third-order valence-electron chi connectivity index (χ3n) is 2.45. The number of rotatable bonds is 3. The van der Waals surface area contributed by atoms with Crippen molar-refractivity contribution in [2.75, 3.05) is 0 Å². The second-order valence-electron chi connectivity index (χ2n) is 3.75. The van der Waals surface area contributed by atoms with E-state index in [1.807, 2.05) is 42.5 Å². The van der Waals surface area contributed by atoms with Crippen LogP contribution in [0.15, 0.2) is 41.2 Å². The normalized spacial score (nSPS) is 10.9. The van der Waals surface area contributed by atoms with Crippen LogP contribution < -0.4 is 5.56 Å². The molecule has 0 saturated carbocycles. The molecule has 1 heterocycles. The molecule has 0 spiro atoms. The summed E-state index contributed by atoms with van der Waals surface area (Å²) >= 11 is 4.75. The number of aromatic hydroxyl groups is 1. The van der Waals surface area contributed by atoms with Gasteiger partial charge >= 0.3 is 0 Å². The number of nitrogens with one attached hydrogen (secondary N) is 2. The Morgan fingerprint density at radius 3 is 2.61 bits per heavy atom. The van der Waals surface area contributed by atoms with Crippen LogP contribution in [0.3, 0.4) is 0 Å². The lowest BCUT2D eigenvalue weighted by Crippen LogP contribution is -2.13. The zero-order valence-corrected chi connectivity index (χ0v) is 10.3. The topological polar surface area (TPSA) is 68.9 Å². The molecule has 1 aromatic carbocycles. The molecule has 0 unspecified atom stereocenters. The minimum Gasteiger partial charge on any atom is -0.494 e. The van der Waals surface area contributed by atoms with Gasteiger partial charge in [-0.25, -0.2) is 0 Å². The van der Waals surface area contributed by atoms with Gasteiger partial charge in [-0.2, -0.15) is 0 Å². The first kappa shape index (κ1) is 12.3. The molecule has 0 saturated heterocycles. The second-order valence-corrected chi connectivity index (χ2v) is 4.16. The van der Waals surface area contributed by atoms with Crippen LogP contribution in [0.5, 0.6) is 5.88 Å². The van der Waals surface area contributed by atoms with E-state index in [9.17, 15) is 9.90 Å². The summed E-state index contributed by atoms with van der Waals surface area (Å²) in [6.07, 6.45) is 4.04. The molecule has 18 heavy (non-hydrogen) atoms. The van der Waals surface area contributed by atoms with Crippen molar-refractivity contribution in [2.24, 2.45) is 0 Å². The molecule has 0 radical (unpaired) electrons. The number of hydrogen-bond acceptors (Lipinski definition) is 3. The number of benzene rings is 1. The van der Waals surface area contributed by atoms with Crippen molar-refractivity contribution in [3.05, 3.63) is 62.7 Å². The average molecular weight is 260 g/mol. The van der Waals surface area contributed by atoms with Crippen molar-refractivity contribution in [1.29, 1.82) is 0 Å². The first-order valence-corrected chi connectivity index (χ1v) is 5.83. The maximum absolute atomic E-state index is 11.6. The maximum Gasteiger partial charge on any atom is 0.259 e. The number of aromatic amines is 2. The molecule has 1 aromatic heterocycles. The number of hydrogen-bond donors (Lipinski definition) is 3. The third-order valence-corrected chi connectivity index (χ3v) is 2.65. The molecule has 0 aliphatic heterocycles. The highest BCUT2D eigenvalue weighted by atomic mass is 32.1. The van der Waals surface area contributed by atoms with Crippen molar-refractivity contribution in [3.8, 4) is 5.88 Å². The summed E-state index contributed by atoms with van der Waals surface area (Å²) in [5.74, 6) is -0.179. The van der Waals surface area contributed by atoms with Crippen LogP contribution in [0.1, 0.15) is 11.1 Å². The summed E-state index contributed by atoms with van der Waals surface area (Å²) in [5, 5.41) is 9.59. The van der Waals surface area contributed by atoms with E-state index in [1.165, 1.54) is 0 Å². The Morgan fingerprint density at radius 1 is 1.22 bits per heavy atom. The van der Waals surface area contributed by atoms with Gasteiger partial charge in [0.2, 0.25) is 0 Å². The van der Waals surface area contributed by atoms with Crippen LogP contribution >= 0.6 is 12.2 Å². The smallest absolute Gasteiger partial charge is 0.259 e. The van der Waals surface area contributed by atoms with Gasteiger partial charge in [-0.05, 0) is 17.8 Å². The molecule has 0 bridgehead atoms. The van der Waals surface area contributed by atoms with Crippen LogP contribution in [0.4, 0.5) is 0 Å². The highest BCUT2D eigenvalue weighted by molar-refractivity contribution is 7.71. The van der Waals surface area contributed by atoms with E-state index in [1.54, 1.807) is 0 Å². The summed E-state index contributed by atoms with van der Waals surface area (Å²) in [7, 11) is 0. The van der Waals surface area contributed by atoms with E-state index >= 15 is 0 Å². The van der Waals surface area contributed by atoms with Crippen molar-refractivity contribution in [2.45, 2.75) is 6.42 Å². The molecule has 92 valence electrons. The molecule has 0 amide bonds. The quantitative estimate of drug-likeness (QED) is 0.742. The van der Waals surface area contributed by atoms with Crippen molar-refractivity contribution in [3.63, 3.8) is 0 Å². The van der Waals surface area contributed by atoms with Gasteiger partial charge in [-0.3, -0.25) is 9.78 Å². The molecule has 2 rings (SSSR count). The van der Waals surface area contributed by atoms with Crippen molar-refractivity contribution in [1.82, 2.24) is 9.97 Å². The van der Waals surface area contributed by atoms with E-state index in [0.29, 0.717) is 6.42 Å². The molecule has 0 aliphatic rings. The number of allylic oxidation sites excluding steroid dienone is 1.